The van der Waals surface area contributed by atoms with Gasteiger partial charge < -0.3 is 4.90 Å². The number of nitro benzene ring substituents is 1. The van der Waals surface area contributed by atoms with E-state index in [2.05, 4.69) is 5.10 Å². The highest BCUT2D eigenvalue weighted by Crippen LogP contribution is 2.38. The van der Waals surface area contributed by atoms with Crippen LogP contribution in [0.4, 0.5) is 20.2 Å². The SMILES string of the molecule is Cn1cc(-c2ccc(N3CC=C(c4ccc(F)cc4F)C=C3Cl)c([N+](=O)[O-])c2)cn1. The summed E-state index contributed by atoms with van der Waals surface area (Å²) in [4.78, 5) is 12.8. The van der Waals surface area contributed by atoms with E-state index in [1.165, 1.54) is 18.2 Å². The fourth-order valence-corrected chi connectivity index (χ4v) is 3.59. The second-order valence-electron chi connectivity index (χ2n) is 6.72. The molecule has 4 rings (SSSR count). The van der Waals surface area contributed by atoms with Crippen molar-refractivity contribution < 1.29 is 13.7 Å². The van der Waals surface area contributed by atoms with Crippen LogP contribution in [-0.4, -0.2) is 21.2 Å². The van der Waals surface area contributed by atoms with Crippen molar-refractivity contribution in [3.63, 3.8) is 0 Å². The van der Waals surface area contributed by atoms with Crippen molar-refractivity contribution in [1.29, 1.82) is 0 Å². The largest absolute Gasteiger partial charge is 0.323 e. The van der Waals surface area contributed by atoms with E-state index in [1.807, 2.05) is 0 Å². The highest BCUT2D eigenvalue weighted by Gasteiger charge is 2.25. The minimum atomic E-state index is -0.706. The second-order valence-corrected chi connectivity index (χ2v) is 7.11. The van der Waals surface area contributed by atoms with Gasteiger partial charge in [0.2, 0.25) is 0 Å². The van der Waals surface area contributed by atoms with Crippen LogP contribution in [0.15, 0.2) is 66.1 Å². The van der Waals surface area contributed by atoms with Gasteiger partial charge >= 0.3 is 0 Å². The van der Waals surface area contributed by atoms with Crippen molar-refractivity contribution in [3.05, 3.63) is 93.4 Å². The number of nitrogens with zero attached hydrogens (tertiary/aromatic N) is 4. The Bertz CT molecular complexity index is 1220. The average Bonchev–Trinajstić information content (AvgIpc) is 3.14. The number of hydrogen-bond acceptors (Lipinski definition) is 4. The first kappa shape index (κ1) is 19.8. The smallest absolute Gasteiger partial charge is 0.293 e. The molecule has 152 valence electrons. The Morgan fingerprint density at radius 3 is 2.60 bits per heavy atom. The van der Waals surface area contributed by atoms with Crippen molar-refractivity contribution in [2.24, 2.45) is 7.05 Å². The lowest BCUT2D eigenvalue weighted by Gasteiger charge is -2.26. The maximum Gasteiger partial charge on any atom is 0.293 e. The molecule has 2 heterocycles. The molecule has 0 bridgehead atoms. The van der Waals surface area contributed by atoms with Gasteiger partial charge in [-0.1, -0.05) is 23.7 Å². The molecule has 0 aliphatic carbocycles. The molecule has 3 aromatic rings. The van der Waals surface area contributed by atoms with E-state index < -0.39 is 16.6 Å². The van der Waals surface area contributed by atoms with E-state index in [4.69, 9.17) is 11.6 Å². The normalized spacial score (nSPS) is 13.8. The molecule has 0 saturated carbocycles. The maximum absolute atomic E-state index is 14.1. The van der Waals surface area contributed by atoms with E-state index in [0.717, 1.165) is 17.7 Å². The minimum Gasteiger partial charge on any atom is -0.323 e. The standard InChI is InChI=1S/C21H15ClF2N4O2/c1-26-12-15(11-25-26)13-2-5-19(20(8-13)28(29)30)27-7-6-14(9-21(27)22)17-4-3-16(23)10-18(17)24/h2-6,8-12H,7H2,1H3. The van der Waals surface area contributed by atoms with Gasteiger partial charge in [0.05, 0.1) is 11.1 Å². The van der Waals surface area contributed by atoms with Crippen molar-refractivity contribution in [2.75, 3.05) is 11.4 Å². The number of aromatic nitrogens is 2. The summed E-state index contributed by atoms with van der Waals surface area (Å²) in [6.07, 6.45) is 6.57. The van der Waals surface area contributed by atoms with E-state index in [9.17, 15) is 18.9 Å². The molecule has 0 saturated heterocycles. The predicted molar refractivity (Wildman–Crippen MR) is 111 cm³/mol. The third kappa shape index (κ3) is 3.69. The van der Waals surface area contributed by atoms with Gasteiger partial charge in [0.1, 0.15) is 22.5 Å². The third-order valence-corrected chi connectivity index (χ3v) is 5.08. The fourth-order valence-electron chi connectivity index (χ4n) is 3.31. The molecular weight excluding hydrogens is 414 g/mol. The Hall–Kier alpha value is -3.52. The maximum atomic E-state index is 14.1. The van der Waals surface area contributed by atoms with Crippen LogP contribution in [0.3, 0.4) is 0 Å². The number of hydrogen-bond donors (Lipinski definition) is 0. The summed E-state index contributed by atoms with van der Waals surface area (Å²) in [5.41, 5.74) is 2.28. The highest BCUT2D eigenvalue weighted by molar-refractivity contribution is 6.32. The van der Waals surface area contributed by atoms with Crippen molar-refractivity contribution in [2.45, 2.75) is 0 Å². The van der Waals surface area contributed by atoms with Gasteiger partial charge in [-0.15, -0.1) is 0 Å². The number of aryl methyl sites for hydroxylation is 1. The first-order valence-electron chi connectivity index (χ1n) is 8.91. The summed E-state index contributed by atoms with van der Waals surface area (Å²) in [5.74, 6) is -1.38. The van der Waals surface area contributed by atoms with E-state index in [0.29, 0.717) is 16.8 Å². The molecule has 6 nitrogen and oxygen atoms in total. The van der Waals surface area contributed by atoms with Crippen LogP contribution in [0.1, 0.15) is 5.56 Å². The van der Waals surface area contributed by atoms with Crippen molar-refractivity contribution in [3.8, 4) is 11.1 Å². The number of benzene rings is 2. The Balaban J connectivity index is 1.69. The molecule has 0 radical (unpaired) electrons. The summed E-state index contributed by atoms with van der Waals surface area (Å²) in [7, 11) is 1.76. The van der Waals surface area contributed by atoms with Gasteiger partial charge in [0, 0.05) is 43.0 Å². The molecule has 1 aliphatic rings. The number of nitro groups is 1. The van der Waals surface area contributed by atoms with Gasteiger partial charge in [0.15, 0.2) is 0 Å². The van der Waals surface area contributed by atoms with Gasteiger partial charge in [-0.2, -0.15) is 5.10 Å². The van der Waals surface area contributed by atoms with Crippen LogP contribution in [0.2, 0.25) is 0 Å². The molecule has 1 aromatic heterocycles. The fraction of sp³-hybridized carbons (Fsp3) is 0.0952. The zero-order chi connectivity index (χ0) is 21.4. The molecule has 0 unspecified atom stereocenters. The summed E-state index contributed by atoms with van der Waals surface area (Å²) >= 11 is 6.40. The Morgan fingerprint density at radius 2 is 1.97 bits per heavy atom. The van der Waals surface area contributed by atoms with E-state index in [-0.39, 0.29) is 23.0 Å². The molecule has 0 atom stereocenters. The molecule has 0 N–H and O–H groups in total. The van der Waals surface area contributed by atoms with E-state index in [1.54, 1.807) is 47.2 Å². The van der Waals surface area contributed by atoms with Crippen molar-refractivity contribution in [1.82, 2.24) is 9.78 Å². The molecule has 9 heteroatoms. The van der Waals surface area contributed by atoms with Crippen LogP contribution in [0, 0.1) is 21.7 Å². The topological polar surface area (TPSA) is 64.2 Å². The van der Waals surface area contributed by atoms with Gasteiger partial charge in [-0.05, 0) is 35.4 Å². The second kappa shape index (κ2) is 7.72. The van der Waals surface area contributed by atoms with E-state index >= 15 is 0 Å². The molecule has 0 spiro atoms. The molecular formula is C21H15ClF2N4O2. The highest BCUT2D eigenvalue weighted by atomic mass is 35.5. The molecule has 2 aromatic carbocycles. The summed E-state index contributed by atoms with van der Waals surface area (Å²) < 4.78 is 28.9. The van der Waals surface area contributed by atoms with Gasteiger partial charge in [-0.25, -0.2) is 8.78 Å². The lowest BCUT2D eigenvalue weighted by atomic mass is 10.0. The number of allylic oxidation sites excluding steroid dienone is 2. The monoisotopic (exact) mass is 428 g/mol. The van der Waals surface area contributed by atoms with Crippen LogP contribution >= 0.6 is 11.6 Å². The Labute approximate surface area is 175 Å². The van der Waals surface area contributed by atoms with Crippen LogP contribution in [0.5, 0.6) is 0 Å². The predicted octanol–water partition coefficient (Wildman–Crippen LogP) is 5.26. The lowest BCUT2D eigenvalue weighted by Crippen LogP contribution is -2.23. The third-order valence-electron chi connectivity index (χ3n) is 4.77. The number of anilines is 1. The summed E-state index contributed by atoms with van der Waals surface area (Å²) in [6, 6.07) is 8.13. The molecule has 0 fully saturated rings. The number of halogens is 3. The van der Waals surface area contributed by atoms with Crippen LogP contribution < -0.4 is 4.90 Å². The first-order chi connectivity index (χ1) is 14.3. The number of rotatable bonds is 4. The molecule has 1 aliphatic heterocycles. The lowest BCUT2D eigenvalue weighted by molar-refractivity contribution is -0.384. The van der Waals surface area contributed by atoms with Gasteiger partial charge in [0.25, 0.3) is 5.69 Å². The summed E-state index contributed by atoms with van der Waals surface area (Å²) in [5, 5.41) is 16.0. The molecule has 30 heavy (non-hydrogen) atoms. The quantitative estimate of drug-likeness (QED) is 0.323. The van der Waals surface area contributed by atoms with Crippen molar-refractivity contribution >= 4 is 28.5 Å². The minimum absolute atomic E-state index is 0.118. The average molecular weight is 429 g/mol. The van der Waals surface area contributed by atoms with Crippen LogP contribution in [0.25, 0.3) is 16.7 Å². The zero-order valence-corrected chi connectivity index (χ0v) is 16.5. The zero-order valence-electron chi connectivity index (χ0n) is 15.7. The first-order valence-corrected chi connectivity index (χ1v) is 9.29. The summed E-state index contributed by atoms with van der Waals surface area (Å²) in [6.45, 7) is 0.189. The van der Waals surface area contributed by atoms with Crippen LogP contribution in [-0.2, 0) is 7.05 Å². The molecule has 0 amide bonds. The van der Waals surface area contributed by atoms with Gasteiger partial charge in [-0.3, -0.25) is 14.8 Å². The Kier molecular flexibility index (Phi) is 5.09. The Morgan fingerprint density at radius 1 is 1.17 bits per heavy atom.